The molecule has 8 heteroatoms. The SMILES string of the molecule is Cc1cc(=O)n2[nH]cc(C(=O)Nc3c(F)cccc3N3CCCC3)c2n1. The summed E-state index contributed by atoms with van der Waals surface area (Å²) in [4.78, 5) is 31.0. The number of nitrogens with zero attached hydrogens (tertiary/aromatic N) is 3. The van der Waals surface area contributed by atoms with Gasteiger partial charge in [0, 0.05) is 31.0 Å². The number of hydrogen-bond donors (Lipinski definition) is 2. The molecular formula is C18H18FN5O2. The third kappa shape index (κ3) is 2.73. The maximum Gasteiger partial charge on any atom is 0.272 e. The van der Waals surface area contributed by atoms with Crippen molar-refractivity contribution >= 4 is 22.9 Å². The zero-order chi connectivity index (χ0) is 18.3. The molecular weight excluding hydrogens is 337 g/mol. The number of para-hydroxylation sites is 1. The van der Waals surface area contributed by atoms with Crippen LogP contribution in [0.5, 0.6) is 0 Å². The van der Waals surface area contributed by atoms with Gasteiger partial charge in [-0.2, -0.15) is 0 Å². The molecule has 1 fully saturated rings. The number of aryl methyl sites for hydroxylation is 1. The molecule has 1 amide bonds. The van der Waals surface area contributed by atoms with Crippen molar-refractivity contribution in [2.24, 2.45) is 0 Å². The molecule has 0 aliphatic carbocycles. The normalized spacial score (nSPS) is 14.2. The van der Waals surface area contributed by atoms with Crippen molar-refractivity contribution in [2.75, 3.05) is 23.3 Å². The van der Waals surface area contributed by atoms with Crippen LogP contribution in [-0.4, -0.2) is 33.6 Å². The number of halogens is 1. The number of anilines is 2. The van der Waals surface area contributed by atoms with E-state index in [9.17, 15) is 14.0 Å². The first-order valence-corrected chi connectivity index (χ1v) is 8.47. The Hall–Kier alpha value is -3.16. The van der Waals surface area contributed by atoms with Gasteiger partial charge in [-0.15, -0.1) is 0 Å². The largest absolute Gasteiger partial charge is 0.370 e. The van der Waals surface area contributed by atoms with Crippen LogP contribution in [-0.2, 0) is 0 Å². The number of benzene rings is 1. The van der Waals surface area contributed by atoms with Gasteiger partial charge in [0.2, 0.25) is 0 Å². The summed E-state index contributed by atoms with van der Waals surface area (Å²) in [5, 5.41) is 5.37. The van der Waals surface area contributed by atoms with Gasteiger partial charge < -0.3 is 10.2 Å². The molecule has 0 saturated carbocycles. The van der Waals surface area contributed by atoms with Crippen LogP contribution < -0.4 is 15.8 Å². The number of nitrogens with one attached hydrogen (secondary N) is 2. The van der Waals surface area contributed by atoms with Gasteiger partial charge in [-0.1, -0.05) is 6.07 Å². The second-order valence-electron chi connectivity index (χ2n) is 6.36. The predicted molar refractivity (Wildman–Crippen MR) is 96.3 cm³/mol. The van der Waals surface area contributed by atoms with E-state index in [1.54, 1.807) is 19.1 Å². The third-order valence-electron chi connectivity index (χ3n) is 4.55. The fourth-order valence-corrected chi connectivity index (χ4v) is 3.30. The van der Waals surface area contributed by atoms with E-state index in [-0.39, 0.29) is 22.5 Å². The molecule has 1 aliphatic heterocycles. The molecule has 0 atom stereocenters. The molecule has 0 unspecified atom stereocenters. The van der Waals surface area contributed by atoms with E-state index in [1.807, 2.05) is 0 Å². The predicted octanol–water partition coefficient (Wildman–Crippen LogP) is 2.32. The zero-order valence-corrected chi connectivity index (χ0v) is 14.3. The number of rotatable bonds is 3. The Kier molecular flexibility index (Phi) is 3.95. The Morgan fingerprint density at radius 2 is 2.08 bits per heavy atom. The van der Waals surface area contributed by atoms with Gasteiger partial charge in [-0.3, -0.25) is 14.7 Å². The van der Waals surface area contributed by atoms with Crippen LogP contribution in [0, 0.1) is 12.7 Å². The van der Waals surface area contributed by atoms with Crippen molar-refractivity contribution in [3.8, 4) is 0 Å². The smallest absolute Gasteiger partial charge is 0.272 e. The average Bonchev–Trinajstić information content (AvgIpc) is 3.26. The number of carbonyl (C=O) groups excluding carboxylic acids is 1. The minimum atomic E-state index is -0.521. The van der Waals surface area contributed by atoms with E-state index >= 15 is 0 Å². The van der Waals surface area contributed by atoms with Crippen molar-refractivity contribution in [3.05, 3.63) is 57.9 Å². The molecule has 2 aromatic heterocycles. The Morgan fingerprint density at radius 1 is 1.31 bits per heavy atom. The number of hydrogen-bond acceptors (Lipinski definition) is 4. The fourth-order valence-electron chi connectivity index (χ4n) is 3.30. The van der Waals surface area contributed by atoms with Gasteiger partial charge in [0.15, 0.2) is 5.65 Å². The maximum absolute atomic E-state index is 14.4. The molecule has 134 valence electrons. The minimum Gasteiger partial charge on any atom is -0.370 e. The highest BCUT2D eigenvalue weighted by atomic mass is 19.1. The second-order valence-corrected chi connectivity index (χ2v) is 6.36. The molecule has 3 aromatic rings. The Balaban J connectivity index is 1.73. The molecule has 0 radical (unpaired) electrons. The van der Waals surface area contributed by atoms with Gasteiger partial charge in [0.25, 0.3) is 11.5 Å². The monoisotopic (exact) mass is 355 g/mol. The fraction of sp³-hybridized carbons (Fsp3) is 0.278. The van der Waals surface area contributed by atoms with Gasteiger partial charge in [-0.25, -0.2) is 13.9 Å². The summed E-state index contributed by atoms with van der Waals surface area (Å²) < 4.78 is 15.6. The molecule has 4 rings (SSSR count). The van der Waals surface area contributed by atoms with Crippen molar-refractivity contribution in [1.82, 2.24) is 14.6 Å². The summed E-state index contributed by atoms with van der Waals surface area (Å²) in [6.07, 6.45) is 3.48. The van der Waals surface area contributed by atoms with E-state index in [0.29, 0.717) is 11.4 Å². The molecule has 0 bridgehead atoms. The average molecular weight is 355 g/mol. The second kappa shape index (κ2) is 6.29. The van der Waals surface area contributed by atoms with Gasteiger partial charge in [0.05, 0.1) is 5.69 Å². The Bertz CT molecular complexity index is 1050. The number of fused-ring (bicyclic) bond motifs is 1. The molecule has 3 heterocycles. The Labute approximate surface area is 148 Å². The summed E-state index contributed by atoms with van der Waals surface area (Å²) in [7, 11) is 0. The van der Waals surface area contributed by atoms with E-state index in [0.717, 1.165) is 25.9 Å². The van der Waals surface area contributed by atoms with E-state index in [1.165, 1.54) is 22.8 Å². The summed E-state index contributed by atoms with van der Waals surface area (Å²) >= 11 is 0. The highest BCUT2D eigenvalue weighted by Gasteiger charge is 2.22. The van der Waals surface area contributed by atoms with Gasteiger partial charge >= 0.3 is 0 Å². The van der Waals surface area contributed by atoms with E-state index in [2.05, 4.69) is 20.3 Å². The maximum atomic E-state index is 14.4. The highest BCUT2D eigenvalue weighted by Crippen LogP contribution is 2.31. The first-order valence-electron chi connectivity index (χ1n) is 8.47. The van der Waals surface area contributed by atoms with Crippen LogP contribution in [0.1, 0.15) is 28.9 Å². The van der Waals surface area contributed by atoms with Crippen LogP contribution in [0.4, 0.5) is 15.8 Å². The number of aromatic nitrogens is 3. The minimum absolute atomic E-state index is 0.147. The lowest BCUT2D eigenvalue weighted by Crippen LogP contribution is -2.22. The van der Waals surface area contributed by atoms with Crippen molar-refractivity contribution in [2.45, 2.75) is 19.8 Å². The quantitative estimate of drug-likeness (QED) is 0.755. The van der Waals surface area contributed by atoms with Crippen molar-refractivity contribution in [1.29, 1.82) is 0 Å². The lowest BCUT2D eigenvalue weighted by Gasteiger charge is -2.21. The highest BCUT2D eigenvalue weighted by molar-refractivity contribution is 6.09. The van der Waals surface area contributed by atoms with Crippen LogP contribution in [0.15, 0.2) is 35.3 Å². The van der Waals surface area contributed by atoms with E-state index < -0.39 is 11.7 Å². The molecule has 1 aliphatic rings. The van der Waals surface area contributed by atoms with Crippen LogP contribution >= 0.6 is 0 Å². The van der Waals surface area contributed by atoms with Crippen molar-refractivity contribution in [3.63, 3.8) is 0 Å². The molecule has 0 spiro atoms. The van der Waals surface area contributed by atoms with Gasteiger partial charge in [0.1, 0.15) is 17.1 Å². The zero-order valence-electron chi connectivity index (χ0n) is 14.3. The summed E-state index contributed by atoms with van der Waals surface area (Å²) in [6, 6.07) is 6.12. The molecule has 1 aromatic carbocycles. The third-order valence-corrected chi connectivity index (χ3v) is 4.55. The number of aromatic amines is 1. The molecule has 26 heavy (non-hydrogen) atoms. The number of carbonyl (C=O) groups is 1. The standard InChI is InChI=1S/C18H18FN5O2/c1-11-9-15(25)24-17(21-11)12(10-20-24)18(26)22-16-13(19)5-4-6-14(16)23-7-2-3-8-23/h4-6,9-10,20H,2-3,7-8H2,1H3,(H,22,26). The molecule has 1 saturated heterocycles. The molecule has 7 nitrogen and oxygen atoms in total. The van der Waals surface area contributed by atoms with E-state index in [4.69, 9.17) is 0 Å². The first-order chi connectivity index (χ1) is 12.5. The Morgan fingerprint density at radius 3 is 2.85 bits per heavy atom. The lowest BCUT2D eigenvalue weighted by molar-refractivity contribution is 0.102. The van der Waals surface area contributed by atoms with Crippen LogP contribution in [0.2, 0.25) is 0 Å². The number of H-pyrrole nitrogens is 1. The summed E-state index contributed by atoms with van der Waals surface area (Å²) in [5.41, 5.74) is 1.40. The van der Waals surface area contributed by atoms with Gasteiger partial charge in [-0.05, 0) is 31.9 Å². The first kappa shape index (κ1) is 16.3. The lowest BCUT2D eigenvalue weighted by atomic mass is 10.2. The van der Waals surface area contributed by atoms with Crippen molar-refractivity contribution < 1.29 is 9.18 Å². The van der Waals surface area contributed by atoms with Crippen LogP contribution in [0.3, 0.4) is 0 Å². The van der Waals surface area contributed by atoms with Crippen LogP contribution in [0.25, 0.3) is 5.65 Å². The molecule has 2 N–H and O–H groups in total. The number of amides is 1. The summed E-state index contributed by atoms with van der Waals surface area (Å²) in [6.45, 7) is 3.34. The topological polar surface area (TPSA) is 82.5 Å². The summed E-state index contributed by atoms with van der Waals surface area (Å²) in [5.74, 6) is -1.02.